The number of aliphatic hydroxyl groups is 1. The second-order valence-electron chi connectivity index (χ2n) is 2.82. The van der Waals surface area contributed by atoms with Gasteiger partial charge in [-0.2, -0.15) is 0 Å². The van der Waals surface area contributed by atoms with Gasteiger partial charge >= 0.3 is 0 Å². The fourth-order valence-electron chi connectivity index (χ4n) is 1.39. The van der Waals surface area contributed by atoms with Crippen LogP contribution in [-0.4, -0.2) is 15.9 Å². The highest BCUT2D eigenvalue weighted by Crippen LogP contribution is 2.26. The Morgan fingerprint density at radius 3 is 3.00 bits per heavy atom. The van der Waals surface area contributed by atoms with E-state index in [1.54, 1.807) is 0 Å². The Bertz CT molecular complexity index is 319. The SMILES string of the molecule is O=C1CCCc2nc(CO)sc21. The van der Waals surface area contributed by atoms with Crippen LogP contribution < -0.4 is 0 Å². The van der Waals surface area contributed by atoms with E-state index in [0.717, 1.165) is 23.4 Å². The molecule has 2 rings (SSSR count). The lowest BCUT2D eigenvalue weighted by Gasteiger charge is -2.06. The van der Waals surface area contributed by atoms with E-state index in [1.807, 2.05) is 0 Å². The maximum atomic E-state index is 11.3. The van der Waals surface area contributed by atoms with Crippen LogP contribution in [0.4, 0.5) is 0 Å². The molecule has 64 valence electrons. The number of Topliss-reactive ketones (excluding diaryl/α,β-unsaturated/α-hetero) is 1. The zero-order valence-corrected chi connectivity index (χ0v) is 7.36. The van der Waals surface area contributed by atoms with Gasteiger partial charge in [0.1, 0.15) is 5.01 Å². The van der Waals surface area contributed by atoms with Crippen LogP contribution in [0.1, 0.15) is 33.2 Å². The van der Waals surface area contributed by atoms with Crippen molar-refractivity contribution in [1.29, 1.82) is 0 Å². The first kappa shape index (κ1) is 7.89. The minimum absolute atomic E-state index is 0.0506. The van der Waals surface area contributed by atoms with Crippen LogP contribution in [0, 0.1) is 0 Å². The molecule has 0 fully saturated rings. The van der Waals surface area contributed by atoms with E-state index in [-0.39, 0.29) is 12.4 Å². The largest absolute Gasteiger partial charge is 0.389 e. The molecule has 4 heteroatoms. The highest BCUT2D eigenvalue weighted by Gasteiger charge is 2.21. The first-order chi connectivity index (χ1) is 5.81. The van der Waals surface area contributed by atoms with Gasteiger partial charge in [-0.3, -0.25) is 4.79 Å². The van der Waals surface area contributed by atoms with Gasteiger partial charge in [-0.1, -0.05) is 0 Å². The highest BCUT2D eigenvalue weighted by molar-refractivity contribution is 7.13. The molecule has 1 aliphatic rings. The van der Waals surface area contributed by atoms with E-state index >= 15 is 0 Å². The average molecular weight is 183 g/mol. The molecule has 0 saturated heterocycles. The summed E-state index contributed by atoms with van der Waals surface area (Å²) < 4.78 is 0. The van der Waals surface area contributed by atoms with E-state index in [9.17, 15) is 4.79 Å². The predicted molar refractivity (Wildman–Crippen MR) is 45.3 cm³/mol. The summed E-state index contributed by atoms with van der Waals surface area (Å²) in [4.78, 5) is 16.2. The Morgan fingerprint density at radius 1 is 1.50 bits per heavy atom. The van der Waals surface area contributed by atoms with Gasteiger partial charge in [0, 0.05) is 6.42 Å². The molecule has 0 aromatic carbocycles. The second kappa shape index (κ2) is 2.95. The minimum atomic E-state index is -0.0506. The smallest absolute Gasteiger partial charge is 0.174 e. The van der Waals surface area contributed by atoms with Crippen LogP contribution in [0.5, 0.6) is 0 Å². The Labute approximate surface area is 74.1 Å². The van der Waals surface area contributed by atoms with Crippen LogP contribution in [0.2, 0.25) is 0 Å². The fourth-order valence-corrected chi connectivity index (χ4v) is 2.32. The summed E-state index contributed by atoms with van der Waals surface area (Å²) in [6, 6.07) is 0. The van der Waals surface area contributed by atoms with Crippen molar-refractivity contribution in [3.8, 4) is 0 Å². The van der Waals surface area contributed by atoms with Crippen molar-refractivity contribution >= 4 is 17.1 Å². The summed E-state index contributed by atoms with van der Waals surface area (Å²) >= 11 is 1.33. The van der Waals surface area contributed by atoms with E-state index in [2.05, 4.69) is 4.98 Å². The number of aliphatic hydroxyl groups excluding tert-OH is 1. The number of carbonyl (C=O) groups is 1. The number of rotatable bonds is 1. The van der Waals surface area contributed by atoms with Gasteiger partial charge in [0.15, 0.2) is 5.78 Å². The average Bonchev–Trinajstić information content (AvgIpc) is 2.49. The highest BCUT2D eigenvalue weighted by atomic mass is 32.1. The zero-order chi connectivity index (χ0) is 8.55. The molecule has 0 bridgehead atoms. The molecule has 1 aliphatic carbocycles. The van der Waals surface area contributed by atoms with Crippen molar-refractivity contribution in [1.82, 2.24) is 4.98 Å². The standard InChI is InChI=1S/C8H9NO2S/c10-4-7-9-5-2-1-3-6(11)8(5)12-7/h10H,1-4H2. The molecule has 0 amide bonds. The normalized spacial score (nSPS) is 16.2. The molecule has 12 heavy (non-hydrogen) atoms. The maximum Gasteiger partial charge on any atom is 0.174 e. The molecule has 0 saturated carbocycles. The van der Waals surface area contributed by atoms with Crippen LogP contribution in [-0.2, 0) is 13.0 Å². The van der Waals surface area contributed by atoms with Crippen molar-refractivity contribution in [2.24, 2.45) is 0 Å². The third kappa shape index (κ3) is 1.17. The van der Waals surface area contributed by atoms with Crippen LogP contribution in [0.15, 0.2) is 0 Å². The molecule has 0 spiro atoms. The molecule has 3 nitrogen and oxygen atoms in total. The number of carbonyl (C=O) groups excluding carboxylic acids is 1. The minimum Gasteiger partial charge on any atom is -0.389 e. The predicted octanol–water partition coefficient (Wildman–Crippen LogP) is 1.15. The molecule has 1 aromatic rings. The van der Waals surface area contributed by atoms with Gasteiger partial charge < -0.3 is 5.11 Å². The van der Waals surface area contributed by atoms with Gasteiger partial charge in [-0.05, 0) is 12.8 Å². The van der Waals surface area contributed by atoms with Crippen LogP contribution in [0.3, 0.4) is 0 Å². The molecule has 1 heterocycles. The van der Waals surface area contributed by atoms with Crippen molar-refractivity contribution in [2.75, 3.05) is 0 Å². The summed E-state index contributed by atoms with van der Waals surface area (Å²) in [5.41, 5.74) is 0.889. The van der Waals surface area contributed by atoms with Gasteiger partial charge in [0.25, 0.3) is 0 Å². The molecular formula is C8H9NO2S. The lowest BCUT2D eigenvalue weighted by atomic mass is 10.0. The van der Waals surface area contributed by atoms with Gasteiger partial charge in [-0.25, -0.2) is 4.98 Å². The van der Waals surface area contributed by atoms with E-state index in [1.165, 1.54) is 11.3 Å². The van der Waals surface area contributed by atoms with Crippen molar-refractivity contribution < 1.29 is 9.90 Å². The molecule has 0 aliphatic heterocycles. The Balaban J connectivity index is 2.43. The molecule has 1 aromatic heterocycles. The summed E-state index contributed by atoms with van der Waals surface area (Å²) in [7, 11) is 0. The Hall–Kier alpha value is -0.740. The summed E-state index contributed by atoms with van der Waals surface area (Å²) in [5.74, 6) is 0.188. The third-order valence-electron chi connectivity index (χ3n) is 1.95. The number of fused-ring (bicyclic) bond motifs is 1. The molecular weight excluding hydrogens is 174 g/mol. The number of aromatic nitrogens is 1. The lowest BCUT2D eigenvalue weighted by Crippen LogP contribution is -2.07. The Kier molecular flexibility index (Phi) is 1.94. The topological polar surface area (TPSA) is 50.2 Å². The second-order valence-corrected chi connectivity index (χ2v) is 3.90. The van der Waals surface area contributed by atoms with Crippen molar-refractivity contribution in [3.63, 3.8) is 0 Å². The van der Waals surface area contributed by atoms with Gasteiger partial charge in [0.05, 0.1) is 17.2 Å². The third-order valence-corrected chi connectivity index (χ3v) is 3.07. The lowest BCUT2D eigenvalue weighted by molar-refractivity contribution is 0.0976. The van der Waals surface area contributed by atoms with E-state index in [4.69, 9.17) is 5.11 Å². The molecule has 0 atom stereocenters. The van der Waals surface area contributed by atoms with Crippen molar-refractivity contribution in [3.05, 3.63) is 15.6 Å². The summed E-state index contributed by atoms with van der Waals surface area (Å²) in [5, 5.41) is 9.47. The van der Waals surface area contributed by atoms with E-state index in [0.29, 0.717) is 11.4 Å². The van der Waals surface area contributed by atoms with Crippen molar-refractivity contribution in [2.45, 2.75) is 25.9 Å². The Morgan fingerprint density at radius 2 is 2.33 bits per heavy atom. The quantitative estimate of drug-likeness (QED) is 0.710. The van der Waals surface area contributed by atoms with Gasteiger partial charge in [0.2, 0.25) is 0 Å². The monoisotopic (exact) mass is 183 g/mol. The molecule has 1 N–H and O–H groups in total. The number of nitrogens with zero attached hydrogens (tertiary/aromatic N) is 1. The summed E-state index contributed by atoms with van der Waals surface area (Å²) in [6.45, 7) is -0.0506. The fraction of sp³-hybridized carbons (Fsp3) is 0.500. The molecule has 0 unspecified atom stereocenters. The molecule has 0 radical (unpaired) electrons. The number of ketones is 1. The number of hydrogen-bond donors (Lipinski definition) is 1. The number of aryl methyl sites for hydroxylation is 1. The van der Waals surface area contributed by atoms with Crippen LogP contribution >= 0.6 is 11.3 Å². The first-order valence-corrected chi connectivity index (χ1v) is 4.75. The zero-order valence-electron chi connectivity index (χ0n) is 6.54. The van der Waals surface area contributed by atoms with E-state index < -0.39 is 0 Å². The maximum absolute atomic E-state index is 11.3. The number of hydrogen-bond acceptors (Lipinski definition) is 4. The number of thiazole rings is 1. The van der Waals surface area contributed by atoms with Gasteiger partial charge in [-0.15, -0.1) is 11.3 Å². The first-order valence-electron chi connectivity index (χ1n) is 3.94. The van der Waals surface area contributed by atoms with Crippen LogP contribution in [0.25, 0.3) is 0 Å². The summed E-state index contributed by atoms with van der Waals surface area (Å²) in [6.07, 6.45) is 2.43.